The molecule has 0 atom stereocenters. The molecular formula is C13H11NO5S. The Kier molecular flexibility index (Phi) is 3.46. The molecule has 0 aliphatic carbocycles. The van der Waals surface area contributed by atoms with Gasteiger partial charge in [0.05, 0.1) is 4.90 Å². The number of hydrogen-bond acceptors (Lipinski definition) is 4. The van der Waals surface area contributed by atoms with Crippen molar-refractivity contribution in [2.75, 3.05) is 6.26 Å². The molecule has 0 saturated heterocycles. The van der Waals surface area contributed by atoms with Crippen LogP contribution < -0.4 is 5.56 Å². The molecule has 7 heteroatoms. The summed E-state index contributed by atoms with van der Waals surface area (Å²) in [6.45, 7) is 0. The molecule has 1 aromatic heterocycles. The lowest BCUT2D eigenvalue weighted by Gasteiger charge is -2.04. The van der Waals surface area contributed by atoms with Crippen LogP contribution in [0.3, 0.4) is 0 Å². The van der Waals surface area contributed by atoms with Crippen LogP contribution in [0.1, 0.15) is 10.4 Å². The van der Waals surface area contributed by atoms with Crippen molar-refractivity contribution >= 4 is 15.8 Å². The summed E-state index contributed by atoms with van der Waals surface area (Å²) in [5.74, 6) is -1.32. The lowest BCUT2D eigenvalue weighted by molar-refractivity contribution is 0.0695. The van der Waals surface area contributed by atoms with Gasteiger partial charge in [0.2, 0.25) is 0 Å². The van der Waals surface area contributed by atoms with Crippen molar-refractivity contribution in [3.63, 3.8) is 0 Å². The zero-order valence-corrected chi connectivity index (χ0v) is 11.3. The Morgan fingerprint density at radius 3 is 2.25 bits per heavy atom. The van der Waals surface area contributed by atoms with E-state index in [4.69, 9.17) is 5.11 Å². The first-order chi connectivity index (χ1) is 9.29. The van der Waals surface area contributed by atoms with E-state index in [1.54, 1.807) is 12.1 Å². The van der Waals surface area contributed by atoms with Gasteiger partial charge in [-0.3, -0.25) is 4.79 Å². The fourth-order valence-corrected chi connectivity index (χ4v) is 2.33. The van der Waals surface area contributed by atoms with Crippen LogP contribution in [0, 0.1) is 0 Å². The maximum atomic E-state index is 11.3. The molecule has 0 amide bonds. The third-order valence-corrected chi connectivity index (χ3v) is 3.88. The van der Waals surface area contributed by atoms with E-state index in [1.807, 2.05) is 0 Å². The van der Waals surface area contributed by atoms with E-state index in [0.29, 0.717) is 11.1 Å². The van der Waals surface area contributed by atoms with Crippen molar-refractivity contribution in [1.82, 2.24) is 4.98 Å². The average Bonchev–Trinajstić information content (AvgIpc) is 2.38. The number of nitrogens with one attached hydrogen (secondary N) is 1. The summed E-state index contributed by atoms with van der Waals surface area (Å²) < 4.78 is 22.7. The number of aromatic nitrogens is 1. The van der Waals surface area contributed by atoms with Crippen LogP contribution in [0.5, 0.6) is 0 Å². The maximum absolute atomic E-state index is 11.3. The van der Waals surface area contributed by atoms with Gasteiger partial charge in [-0.15, -0.1) is 0 Å². The maximum Gasteiger partial charge on any atom is 0.341 e. The highest BCUT2D eigenvalue weighted by atomic mass is 32.2. The van der Waals surface area contributed by atoms with Crippen LogP contribution >= 0.6 is 0 Å². The number of sulfone groups is 1. The summed E-state index contributed by atoms with van der Waals surface area (Å²) in [4.78, 5) is 24.7. The van der Waals surface area contributed by atoms with Crippen molar-refractivity contribution < 1.29 is 18.3 Å². The molecule has 2 N–H and O–H groups in total. The van der Waals surface area contributed by atoms with Crippen LogP contribution in [0.25, 0.3) is 11.1 Å². The largest absolute Gasteiger partial charge is 0.477 e. The van der Waals surface area contributed by atoms with E-state index < -0.39 is 21.4 Å². The lowest BCUT2D eigenvalue weighted by Crippen LogP contribution is -2.16. The van der Waals surface area contributed by atoms with Gasteiger partial charge in [-0.2, -0.15) is 0 Å². The number of benzene rings is 1. The molecule has 0 bridgehead atoms. The Labute approximate surface area is 114 Å². The minimum absolute atomic E-state index is 0.170. The summed E-state index contributed by atoms with van der Waals surface area (Å²) in [7, 11) is -3.28. The second-order valence-corrected chi connectivity index (χ2v) is 6.25. The van der Waals surface area contributed by atoms with Crippen LogP contribution in [-0.4, -0.2) is 30.7 Å². The molecular weight excluding hydrogens is 282 g/mol. The van der Waals surface area contributed by atoms with Crippen molar-refractivity contribution in [2.45, 2.75) is 4.90 Å². The summed E-state index contributed by atoms with van der Waals surface area (Å²) in [6.07, 6.45) is 2.48. The number of aromatic carboxylic acids is 1. The molecule has 0 fully saturated rings. The molecule has 20 heavy (non-hydrogen) atoms. The molecule has 0 spiro atoms. The Hall–Kier alpha value is -2.41. The van der Waals surface area contributed by atoms with Gasteiger partial charge in [-0.05, 0) is 29.3 Å². The molecule has 0 aliphatic rings. The van der Waals surface area contributed by atoms with E-state index in [9.17, 15) is 18.0 Å². The minimum Gasteiger partial charge on any atom is -0.477 e. The molecule has 104 valence electrons. The van der Waals surface area contributed by atoms with Crippen LogP contribution in [0.2, 0.25) is 0 Å². The van der Waals surface area contributed by atoms with Gasteiger partial charge in [0, 0.05) is 12.5 Å². The molecule has 0 saturated carbocycles. The predicted molar refractivity (Wildman–Crippen MR) is 72.6 cm³/mol. The van der Waals surface area contributed by atoms with Crippen LogP contribution in [0.4, 0.5) is 0 Å². The summed E-state index contributed by atoms with van der Waals surface area (Å²) in [6, 6.07) is 7.20. The van der Waals surface area contributed by atoms with Gasteiger partial charge in [0.15, 0.2) is 9.84 Å². The number of H-pyrrole nitrogens is 1. The summed E-state index contributed by atoms with van der Waals surface area (Å²) in [5.41, 5.74) is 0.0434. The van der Waals surface area contributed by atoms with Crippen molar-refractivity contribution in [1.29, 1.82) is 0 Å². The SMILES string of the molecule is CS(=O)(=O)c1ccc(-c2c[nH]c(=O)c(C(=O)O)c2)cc1. The summed E-state index contributed by atoms with van der Waals surface area (Å²) >= 11 is 0. The molecule has 1 aromatic carbocycles. The van der Waals surface area contributed by atoms with Gasteiger partial charge in [0.1, 0.15) is 5.56 Å². The van der Waals surface area contributed by atoms with E-state index >= 15 is 0 Å². The Balaban J connectivity index is 2.50. The second kappa shape index (κ2) is 4.93. The van der Waals surface area contributed by atoms with E-state index in [2.05, 4.69) is 4.98 Å². The van der Waals surface area contributed by atoms with Crippen molar-refractivity contribution in [2.24, 2.45) is 0 Å². The topological polar surface area (TPSA) is 104 Å². The van der Waals surface area contributed by atoms with Crippen molar-refractivity contribution in [3.05, 3.63) is 52.4 Å². The number of carboxylic acid groups (broad SMARTS) is 1. The van der Waals surface area contributed by atoms with Gasteiger partial charge in [-0.1, -0.05) is 12.1 Å². The van der Waals surface area contributed by atoms with Crippen LogP contribution in [-0.2, 0) is 9.84 Å². The first-order valence-corrected chi connectivity index (χ1v) is 7.45. The van der Waals surface area contributed by atoms with E-state index in [-0.39, 0.29) is 10.5 Å². The molecule has 2 rings (SSSR count). The Bertz CT molecular complexity index is 819. The fraction of sp³-hybridized carbons (Fsp3) is 0.0769. The van der Waals surface area contributed by atoms with Crippen molar-refractivity contribution in [3.8, 4) is 11.1 Å². The number of carbonyl (C=O) groups is 1. The quantitative estimate of drug-likeness (QED) is 0.883. The average molecular weight is 293 g/mol. The molecule has 6 nitrogen and oxygen atoms in total. The van der Waals surface area contributed by atoms with Gasteiger partial charge in [0.25, 0.3) is 5.56 Å². The smallest absolute Gasteiger partial charge is 0.341 e. The first kappa shape index (κ1) is 14.0. The van der Waals surface area contributed by atoms with Crippen LogP contribution in [0.15, 0.2) is 46.2 Å². The lowest BCUT2D eigenvalue weighted by atomic mass is 10.1. The highest BCUT2D eigenvalue weighted by Crippen LogP contribution is 2.20. The zero-order chi connectivity index (χ0) is 14.9. The predicted octanol–water partition coefficient (Wildman–Crippen LogP) is 1.14. The number of aromatic amines is 1. The normalized spacial score (nSPS) is 11.2. The summed E-state index contributed by atoms with van der Waals surface area (Å²) in [5, 5.41) is 8.89. The fourth-order valence-electron chi connectivity index (χ4n) is 1.70. The number of pyridine rings is 1. The number of hydrogen-bond donors (Lipinski definition) is 2. The minimum atomic E-state index is -3.28. The standard InChI is InChI=1S/C13H11NO5S/c1-20(18,19)10-4-2-8(3-5-10)9-6-11(13(16)17)12(15)14-7-9/h2-7H,1H3,(H,14,15)(H,16,17). The molecule has 1 heterocycles. The van der Waals surface area contributed by atoms with E-state index in [1.165, 1.54) is 24.4 Å². The highest BCUT2D eigenvalue weighted by molar-refractivity contribution is 7.90. The monoisotopic (exact) mass is 293 g/mol. The highest BCUT2D eigenvalue weighted by Gasteiger charge is 2.11. The zero-order valence-electron chi connectivity index (χ0n) is 10.5. The third kappa shape index (κ3) is 2.77. The van der Waals surface area contributed by atoms with Gasteiger partial charge < -0.3 is 10.1 Å². The van der Waals surface area contributed by atoms with Gasteiger partial charge in [-0.25, -0.2) is 13.2 Å². The number of carboxylic acids is 1. The molecule has 0 unspecified atom stereocenters. The number of rotatable bonds is 3. The Morgan fingerprint density at radius 2 is 1.75 bits per heavy atom. The molecule has 0 aliphatic heterocycles. The Morgan fingerprint density at radius 1 is 1.15 bits per heavy atom. The van der Waals surface area contributed by atoms with E-state index in [0.717, 1.165) is 6.26 Å². The third-order valence-electron chi connectivity index (χ3n) is 2.75. The molecule has 0 radical (unpaired) electrons. The first-order valence-electron chi connectivity index (χ1n) is 5.55. The van der Waals surface area contributed by atoms with Gasteiger partial charge >= 0.3 is 5.97 Å². The molecule has 2 aromatic rings. The second-order valence-electron chi connectivity index (χ2n) is 4.23.